The minimum absolute atomic E-state index is 0.173. The lowest BCUT2D eigenvalue weighted by molar-refractivity contribution is 1.30. The van der Waals surface area contributed by atoms with Gasteiger partial charge < -0.3 is 0 Å². The number of anilines is 1. The van der Waals surface area contributed by atoms with Crippen molar-refractivity contribution in [3.63, 3.8) is 0 Å². The summed E-state index contributed by atoms with van der Waals surface area (Å²) in [4.78, 5) is 19.8. The van der Waals surface area contributed by atoms with Gasteiger partial charge >= 0.3 is 0 Å². The third-order valence-electron chi connectivity index (χ3n) is 1.17. The molecule has 56 valence electrons. The van der Waals surface area contributed by atoms with Crippen molar-refractivity contribution in [2.75, 3.05) is 5.43 Å². The van der Waals surface area contributed by atoms with Crippen LogP contribution in [0.4, 0.5) is 11.4 Å². The van der Waals surface area contributed by atoms with Gasteiger partial charge in [0.05, 0.1) is 11.0 Å². The van der Waals surface area contributed by atoms with E-state index in [0.717, 1.165) is 0 Å². The Bertz CT molecular complexity index is 274. The van der Waals surface area contributed by atoms with Crippen molar-refractivity contribution in [3.05, 3.63) is 34.1 Å². The molecule has 5 nitrogen and oxygen atoms in total. The van der Waals surface area contributed by atoms with Gasteiger partial charge in [0.2, 0.25) is 0 Å². The molecule has 1 aromatic carbocycles. The number of rotatable bonds is 3. The Morgan fingerprint density at radius 2 is 1.91 bits per heavy atom. The first-order valence-corrected chi connectivity index (χ1v) is 2.89. The van der Waals surface area contributed by atoms with Crippen LogP contribution in [0.1, 0.15) is 0 Å². The molecule has 0 saturated heterocycles. The molecule has 1 rings (SSSR count). The lowest BCUT2D eigenvalue weighted by atomic mass is 10.3. The van der Waals surface area contributed by atoms with E-state index in [1.165, 1.54) is 12.1 Å². The fourth-order valence-corrected chi connectivity index (χ4v) is 0.697. The molecule has 0 atom stereocenters. The SMILES string of the molecule is O=NNc1ccccc1N=O. The molecule has 0 aliphatic rings. The molecule has 0 fully saturated rings. The molecular weight excluding hydrogens is 146 g/mol. The minimum Gasteiger partial charge on any atom is -0.240 e. The number of hydrogen-bond acceptors (Lipinski definition) is 4. The first-order chi connectivity index (χ1) is 5.38. The second kappa shape index (κ2) is 3.40. The van der Waals surface area contributed by atoms with Gasteiger partial charge in [0.15, 0.2) is 0 Å². The number of nitroso groups, excluding NO2 is 2. The maximum atomic E-state index is 10.1. The molecule has 11 heavy (non-hydrogen) atoms. The Morgan fingerprint density at radius 3 is 2.55 bits per heavy atom. The van der Waals surface area contributed by atoms with Crippen molar-refractivity contribution in [2.45, 2.75) is 0 Å². The van der Waals surface area contributed by atoms with E-state index in [2.05, 4.69) is 15.9 Å². The monoisotopic (exact) mass is 151 g/mol. The van der Waals surface area contributed by atoms with Crippen LogP contribution in [-0.2, 0) is 0 Å². The summed E-state index contributed by atoms with van der Waals surface area (Å²) in [6, 6.07) is 6.34. The fourth-order valence-electron chi connectivity index (χ4n) is 0.697. The lowest BCUT2D eigenvalue weighted by Gasteiger charge is -1.96. The highest BCUT2D eigenvalue weighted by molar-refractivity contribution is 5.64. The number of benzene rings is 1. The van der Waals surface area contributed by atoms with E-state index in [1.807, 2.05) is 0 Å². The summed E-state index contributed by atoms with van der Waals surface area (Å²) in [6.45, 7) is 0. The first-order valence-electron chi connectivity index (χ1n) is 2.89. The normalized spacial score (nSPS) is 8.73. The Balaban J connectivity index is 3.01. The van der Waals surface area contributed by atoms with Gasteiger partial charge in [-0.3, -0.25) is 0 Å². The molecule has 0 spiro atoms. The molecule has 0 radical (unpaired) electrons. The van der Waals surface area contributed by atoms with Gasteiger partial charge in [-0.15, -0.1) is 9.81 Å². The first kappa shape index (κ1) is 7.33. The van der Waals surface area contributed by atoms with Gasteiger partial charge in [0.1, 0.15) is 5.69 Å². The van der Waals surface area contributed by atoms with Gasteiger partial charge in [-0.1, -0.05) is 12.1 Å². The predicted molar refractivity (Wildman–Crippen MR) is 41.3 cm³/mol. The van der Waals surface area contributed by atoms with Crippen molar-refractivity contribution < 1.29 is 0 Å². The number of para-hydroxylation sites is 1. The number of nitrogens with zero attached hydrogens (tertiary/aromatic N) is 2. The Hall–Kier alpha value is -1.78. The molecule has 0 aliphatic carbocycles. The standard InChI is InChI=1S/C6H5N3O2/c10-8-6-4-2-1-3-5(6)7-9-11/h1-4H,(H,7,11). The second-order valence-corrected chi connectivity index (χ2v) is 1.81. The summed E-state index contributed by atoms with van der Waals surface area (Å²) in [5.41, 5.74) is 2.59. The number of nitrogens with one attached hydrogen (secondary N) is 1. The molecular formula is C6H5N3O2. The largest absolute Gasteiger partial charge is 0.240 e. The highest BCUT2D eigenvalue weighted by Gasteiger charge is 1.98. The van der Waals surface area contributed by atoms with E-state index in [4.69, 9.17) is 0 Å². The smallest absolute Gasteiger partial charge is 0.133 e. The summed E-state index contributed by atoms with van der Waals surface area (Å²) in [5, 5.41) is 5.09. The molecule has 1 aromatic rings. The zero-order valence-electron chi connectivity index (χ0n) is 5.52. The van der Waals surface area contributed by atoms with Crippen LogP contribution in [0.2, 0.25) is 0 Å². The quantitative estimate of drug-likeness (QED) is 0.531. The minimum atomic E-state index is 0.173. The van der Waals surface area contributed by atoms with E-state index in [0.29, 0.717) is 5.69 Å². The van der Waals surface area contributed by atoms with Crippen LogP contribution in [0.25, 0.3) is 0 Å². The van der Waals surface area contributed by atoms with Gasteiger partial charge in [-0.2, -0.15) is 0 Å². The van der Waals surface area contributed by atoms with Gasteiger partial charge in [-0.05, 0) is 17.3 Å². The van der Waals surface area contributed by atoms with Crippen LogP contribution >= 0.6 is 0 Å². The summed E-state index contributed by atoms with van der Waals surface area (Å²) < 4.78 is 0. The fraction of sp³-hybridized carbons (Fsp3) is 0. The van der Waals surface area contributed by atoms with Crippen LogP contribution in [0.15, 0.2) is 34.7 Å². The van der Waals surface area contributed by atoms with Crippen molar-refractivity contribution in [1.29, 1.82) is 0 Å². The molecule has 0 aliphatic heterocycles. The zero-order valence-corrected chi connectivity index (χ0v) is 5.52. The van der Waals surface area contributed by atoms with Crippen LogP contribution in [0, 0.1) is 9.81 Å². The summed E-state index contributed by atoms with van der Waals surface area (Å²) >= 11 is 0. The lowest BCUT2D eigenvalue weighted by Crippen LogP contribution is -1.84. The van der Waals surface area contributed by atoms with Gasteiger partial charge in [0.25, 0.3) is 0 Å². The molecule has 0 unspecified atom stereocenters. The Morgan fingerprint density at radius 1 is 1.18 bits per heavy atom. The van der Waals surface area contributed by atoms with Crippen LogP contribution in [-0.4, -0.2) is 0 Å². The summed E-state index contributed by atoms with van der Waals surface area (Å²) in [6.07, 6.45) is 0. The number of hydrogen-bond donors (Lipinski definition) is 1. The van der Waals surface area contributed by atoms with Crippen LogP contribution in [0.5, 0.6) is 0 Å². The van der Waals surface area contributed by atoms with E-state index in [1.54, 1.807) is 12.1 Å². The van der Waals surface area contributed by atoms with E-state index in [9.17, 15) is 9.81 Å². The second-order valence-electron chi connectivity index (χ2n) is 1.81. The molecule has 0 bridgehead atoms. The molecule has 0 amide bonds. The average molecular weight is 151 g/mol. The predicted octanol–water partition coefficient (Wildman–Crippen LogP) is 2.18. The Kier molecular flexibility index (Phi) is 2.27. The zero-order chi connectivity index (χ0) is 8.10. The molecule has 0 saturated carbocycles. The Labute approximate surface area is 62.3 Å². The van der Waals surface area contributed by atoms with Gasteiger partial charge in [-0.25, -0.2) is 5.43 Å². The molecule has 0 heterocycles. The maximum Gasteiger partial charge on any atom is 0.133 e. The average Bonchev–Trinajstić information content (AvgIpc) is 2.06. The molecule has 1 N–H and O–H groups in total. The van der Waals surface area contributed by atoms with Gasteiger partial charge in [0, 0.05) is 0 Å². The highest BCUT2D eigenvalue weighted by atomic mass is 16.3. The highest BCUT2D eigenvalue weighted by Crippen LogP contribution is 2.23. The molecule has 0 aromatic heterocycles. The van der Waals surface area contributed by atoms with E-state index in [-0.39, 0.29) is 5.69 Å². The van der Waals surface area contributed by atoms with Crippen molar-refractivity contribution >= 4 is 11.4 Å². The maximum absolute atomic E-state index is 10.1. The molecule has 5 heteroatoms. The van der Waals surface area contributed by atoms with E-state index < -0.39 is 0 Å². The van der Waals surface area contributed by atoms with Crippen LogP contribution < -0.4 is 5.43 Å². The summed E-state index contributed by atoms with van der Waals surface area (Å²) in [5.74, 6) is 0. The third kappa shape index (κ3) is 1.57. The van der Waals surface area contributed by atoms with Crippen LogP contribution in [0.3, 0.4) is 0 Å². The topological polar surface area (TPSA) is 70.9 Å². The van der Waals surface area contributed by atoms with E-state index >= 15 is 0 Å². The third-order valence-corrected chi connectivity index (χ3v) is 1.17. The van der Waals surface area contributed by atoms with Crippen molar-refractivity contribution in [1.82, 2.24) is 0 Å². The van der Waals surface area contributed by atoms with Crippen molar-refractivity contribution in [2.24, 2.45) is 10.5 Å². The van der Waals surface area contributed by atoms with Crippen molar-refractivity contribution in [3.8, 4) is 0 Å². The summed E-state index contributed by atoms with van der Waals surface area (Å²) in [7, 11) is 0.